The molecule has 0 radical (unpaired) electrons. The van der Waals surface area contributed by atoms with E-state index in [4.69, 9.17) is 34.8 Å². The predicted molar refractivity (Wildman–Crippen MR) is 120 cm³/mol. The van der Waals surface area contributed by atoms with Crippen LogP contribution in [0.5, 0.6) is 0 Å². The fourth-order valence-electron chi connectivity index (χ4n) is 2.81. The van der Waals surface area contributed by atoms with E-state index in [9.17, 15) is 9.59 Å². The van der Waals surface area contributed by atoms with Crippen molar-refractivity contribution in [2.75, 3.05) is 0 Å². The highest BCUT2D eigenvalue weighted by atomic mass is 35.5. The van der Waals surface area contributed by atoms with Gasteiger partial charge in [-0.1, -0.05) is 66.0 Å². The van der Waals surface area contributed by atoms with Crippen molar-refractivity contribution in [3.05, 3.63) is 68.7 Å². The van der Waals surface area contributed by atoms with E-state index in [1.165, 1.54) is 4.90 Å². The van der Waals surface area contributed by atoms with Crippen LogP contribution in [0.3, 0.4) is 0 Å². The maximum atomic E-state index is 13.2. The molecule has 2 aromatic rings. The first kappa shape index (κ1) is 23.5. The number of amides is 2. The smallest absolute Gasteiger partial charge is 0.242 e. The van der Waals surface area contributed by atoms with E-state index >= 15 is 0 Å². The quantitative estimate of drug-likeness (QED) is 0.569. The van der Waals surface area contributed by atoms with Gasteiger partial charge in [0.25, 0.3) is 0 Å². The zero-order valence-electron chi connectivity index (χ0n) is 16.7. The third-order valence-electron chi connectivity index (χ3n) is 4.86. The Morgan fingerprint density at radius 3 is 2.14 bits per heavy atom. The van der Waals surface area contributed by atoms with Gasteiger partial charge in [-0.05, 0) is 44.0 Å². The third-order valence-corrected chi connectivity index (χ3v) is 5.93. The largest absolute Gasteiger partial charge is 0.352 e. The lowest BCUT2D eigenvalue weighted by atomic mass is 10.1. The van der Waals surface area contributed by atoms with E-state index in [-0.39, 0.29) is 30.8 Å². The minimum absolute atomic E-state index is 0.00868. The van der Waals surface area contributed by atoms with Crippen molar-refractivity contribution in [1.29, 1.82) is 0 Å². The van der Waals surface area contributed by atoms with Gasteiger partial charge in [-0.3, -0.25) is 9.59 Å². The van der Waals surface area contributed by atoms with Crippen LogP contribution in [-0.2, 0) is 22.6 Å². The number of carbonyl (C=O) groups excluding carboxylic acids is 2. The second-order valence-electron chi connectivity index (χ2n) is 6.98. The molecule has 1 N–H and O–H groups in total. The molecule has 0 aliphatic carbocycles. The average molecular weight is 456 g/mol. The normalized spacial score (nSPS) is 12.9. The Hall–Kier alpha value is -1.75. The van der Waals surface area contributed by atoms with Crippen molar-refractivity contribution in [3.8, 4) is 0 Å². The minimum Gasteiger partial charge on any atom is -0.352 e. The summed E-state index contributed by atoms with van der Waals surface area (Å²) in [7, 11) is 0. The van der Waals surface area contributed by atoms with E-state index in [0.29, 0.717) is 26.2 Å². The van der Waals surface area contributed by atoms with E-state index in [1.807, 2.05) is 19.9 Å². The van der Waals surface area contributed by atoms with Crippen molar-refractivity contribution in [1.82, 2.24) is 10.2 Å². The number of halogens is 3. The Labute approximate surface area is 187 Å². The molecule has 2 rings (SSSR count). The molecule has 2 amide bonds. The van der Waals surface area contributed by atoms with Crippen LogP contribution in [0.1, 0.15) is 38.3 Å². The van der Waals surface area contributed by atoms with Gasteiger partial charge in [0.15, 0.2) is 0 Å². The first-order valence-corrected chi connectivity index (χ1v) is 10.6. The molecule has 0 aliphatic rings. The summed E-state index contributed by atoms with van der Waals surface area (Å²) >= 11 is 18.8. The third kappa shape index (κ3) is 6.36. The van der Waals surface area contributed by atoms with Gasteiger partial charge in [-0.25, -0.2) is 0 Å². The predicted octanol–water partition coefficient (Wildman–Crippen LogP) is 5.52. The fourth-order valence-corrected chi connectivity index (χ4v) is 3.53. The highest BCUT2D eigenvalue weighted by Crippen LogP contribution is 2.27. The average Bonchev–Trinajstić information content (AvgIpc) is 2.68. The molecule has 0 spiro atoms. The molecule has 0 heterocycles. The van der Waals surface area contributed by atoms with E-state index < -0.39 is 6.04 Å². The van der Waals surface area contributed by atoms with Gasteiger partial charge in [-0.2, -0.15) is 0 Å². The molecule has 0 fully saturated rings. The molecule has 0 unspecified atom stereocenters. The van der Waals surface area contributed by atoms with Gasteiger partial charge in [0.2, 0.25) is 11.8 Å². The van der Waals surface area contributed by atoms with E-state index in [2.05, 4.69) is 5.32 Å². The van der Waals surface area contributed by atoms with Crippen LogP contribution in [-0.4, -0.2) is 28.8 Å². The van der Waals surface area contributed by atoms with E-state index in [1.54, 1.807) is 43.3 Å². The molecule has 4 nitrogen and oxygen atoms in total. The zero-order chi connectivity index (χ0) is 21.6. The summed E-state index contributed by atoms with van der Waals surface area (Å²) in [6.45, 7) is 5.73. The molecular formula is C22H25Cl3N2O2. The highest BCUT2D eigenvalue weighted by molar-refractivity contribution is 6.36. The molecule has 156 valence electrons. The number of hydrogen-bond donors (Lipinski definition) is 1. The van der Waals surface area contributed by atoms with Crippen molar-refractivity contribution in [3.63, 3.8) is 0 Å². The van der Waals surface area contributed by atoms with Gasteiger partial charge in [-0.15, -0.1) is 0 Å². The van der Waals surface area contributed by atoms with Gasteiger partial charge >= 0.3 is 0 Å². The van der Waals surface area contributed by atoms with Crippen LogP contribution in [0.15, 0.2) is 42.5 Å². The van der Waals surface area contributed by atoms with Gasteiger partial charge in [0, 0.05) is 33.2 Å². The standard InChI is InChI=1S/C22H25Cl3N2O2/c1-4-14(2)26-22(29)15(3)27(13-17-19(24)10-7-11-20(17)25)21(28)12-16-8-5-6-9-18(16)23/h5-11,14-15H,4,12-13H2,1-3H3,(H,26,29)/t14-,15-/m1/s1. The van der Waals surface area contributed by atoms with Crippen LogP contribution in [0.25, 0.3) is 0 Å². The first-order chi connectivity index (χ1) is 13.7. The molecule has 2 aromatic carbocycles. The number of nitrogens with one attached hydrogen (secondary N) is 1. The molecule has 0 saturated heterocycles. The molecule has 0 saturated carbocycles. The summed E-state index contributed by atoms with van der Waals surface area (Å²) in [4.78, 5) is 27.4. The summed E-state index contributed by atoms with van der Waals surface area (Å²) in [6, 6.07) is 11.6. The van der Waals surface area contributed by atoms with Crippen molar-refractivity contribution in [2.45, 2.75) is 52.2 Å². The summed E-state index contributed by atoms with van der Waals surface area (Å²) in [5, 5.41) is 4.33. The van der Waals surface area contributed by atoms with Crippen LogP contribution >= 0.6 is 34.8 Å². The van der Waals surface area contributed by atoms with Crippen LogP contribution in [0.2, 0.25) is 15.1 Å². The zero-order valence-corrected chi connectivity index (χ0v) is 19.0. The van der Waals surface area contributed by atoms with Crippen LogP contribution in [0, 0.1) is 0 Å². The Balaban J connectivity index is 2.32. The van der Waals surface area contributed by atoms with Gasteiger partial charge in [0.05, 0.1) is 6.42 Å². The number of hydrogen-bond acceptors (Lipinski definition) is 2. The second-order valence-corrected chi connectivity index (χ2v) is 8.21. The SMILES string of the molecule is CC[C@@H](C)NC(=O)[C@@H](C)N(Cc1c(Cl)cccc1Cl)C(=O)Cc1ccccc1Cl. The summed E-state index contributed by atoms with van der Waals surface area (Å²) in [6.07, 6.45) is 0.866. The fraction of sp³-hybridized carbons (Fsp3) is 0.364. The topological polar surface area (TPSA) is 49.4 Å². The summed E-state index contributed by atoms with van der Waals surface area (Å²) in [5.41, 5.74) is 1.30. The monoisotopic (exact) mass is 454 g/mol. The van der Waals surface area contributed by atoms with Crippen molar-refractivity contribution in [2.24, 2.45) is 0 Å². The molecular weight excluding hydrogens is 431 g/mol. The first-order valence-electron chi connectivity index (χ1n) is 9.50. The minimum atomic E-state index is -0.702. The van der Waals surface area contributed by atoms with Crippen LogP contribution < -0.4 is 5.32 Å². The Morgan fingerprint density at radius 1 is 0.966 bits per heavy atom. The van der Waals surface area contributed by atoms with Gasteiger partial charge < -0.3 is 10.2 Å². The second kappa shape index (κ2) is 10.9. The Kier molecular flexibility index (Phi) is 8.81. The van der Waals surface area contributed by atoms with Crippen molar-refractivity contribution < 1.29 is 9.59 Å². The van der Waals surface area contributed by atoms with Gasteiger partial charge in [0.1, 0.15) is 6.04 Å². The molecule has 7 heteroatoms. The summed E-state index contributed by atoms with van der Waals surface area (Å²) in [5.74, 6) is -0.462. The van der Waals surface area contributed by atoms with E-state index in [0.717, 1.165) is 6.42 Å². The molecule has 2 atom stereocenters. The van der Waals surface area contributed by atoms with Crippen LogP contribution in [0.4, 0.5) is 0 Å². The maximum Gasteiger partial charge on any atom is 0.242 e. The Morgan fingerprint density at radius 2 is 1.55 bits per heavy atom. The molecule has 0 bridgehead atoms. The highest BCUT2D eigenvalue weighted by Gasteiger charge is 2.28. The lowest BCUT2D eigenvalue weighted by Gasteiger charge is -2.30. The summed E-state index contributed by atoms with van der Waals surface area (Å²) < 4.78 is 0. The number of rotatable bonds is 8. The van der Waals surface area contributed by atoms with Crippen molar-refractivity contribution >= 4 is 46.6 Å². The number of carbonyl (C=O) groups is 2. The molecule has 29 heavy (non-hydrogen) atoms. The number of benzene rings is 2. The lowest BCUT2D eigenvalue weighted by molar-refractivity contribution is -0.140. The Bertz CT molecular complexity index is 853. The number of nitrogens with zero attached hydrogens (tertiary/aromatic N) is 1. The molecule has 0 aromatic heterocycles. The maximum absolute atomic E-state index is 13.2. The molecule has 0 aliphatic heterocycles. The lowest BCUT2D eigenvalue weighted by Crippen LogP contribution is -2.50.